The lowest BCUT2D eigenvalue weighted by Crippen LogP contribution is -2.55. The lowest BCUT2D eigenvalue weighted by atomic mass is 9.77. The highest BCUT2D eigenvalue weighted by Crippen LogP contribution is 2.51. The van der Waals surface area contributed by atoms with Gasteiger partial charge < -0.3 is 35.0 Å². The zero-order valence-corrected chi connectivity index (χ0v) is 20.1. The Labute approximate surface area is 200 Å². The zero-order chi connectivity index (χ0) is 24.8. The first-order chi connectivity index (χ1) is 16.4. The summed E-state index contributed by atoms with van der Waals surface area (Å²) in [6, 6.07) is 2.66. The van der Waals surface area contributed by atoms with E-state index in [2.05, 4.69) is 12.2 Å². The van der Waals surface area contributed by atoms with Crippen LogP contribution < -0.4 is 14.8 Å². The van der Waals surface area contributed by atoms with E-state index in [4.69, 9.17) is 9.47 Å². The number of carbonyl (C=O) groups is 2. The van der Waals surface area contributed by atoms with Gasteiger partial charge in [0, 0.05) is 31.1 Å². The highest BCUT2D eigenvalue weighted by atomic mass is 16.5. The minimum atomic E-state index is -1.08. The summed E-state index contributed by atoms with van der Waals surface area (Å²) in [7, 11) is 1.49. The van der Waals surface area contributed by atoms with Crippen molar-refractivity contribution in [1.29, 1.82) is 0 Å². The van der Waals surface area contributed by atoms with Gasteiger partial charge in [0.1, 0.15) is 12.2 Å². The molecule has 0 saturated carbocycles. The van der Waals surface area contributed by atoms with Gasteiger partial charge in [0.05, 0.1) is 32.3 Å². The van der Waals surface area contributed by atoms with E-state index in [1.54, 1.807) is 23.1 Å². The van der Waals surface area contributed by atoms with Crippen LogP contribution >= 0.6 is 0 Å². The molecule has 188 valence electrons. The fourth-order valence-corrected chi connectivity index (χ4v) is 4.84. The van der Waals surface area contributed by atoms with Crippen LogP contribution in [0.1, 0.15) is 56.6 Å². The maximum Gasteiger partial charge on any atom is 0.247 e. The molecule has 0 spiro atoms. The summed E-state index contributed by atoms with van der Waals surface area (Å²) in [4.78, 5) is 27.3. The van der Waals surface area contributed by atoms with Crippen molar-refractivity contribution < 1.29 is 34.4 Å². The van der Waals surface area contributed by atoms with Crippen molar-refractivity contribution >= 4 is 11.8 Å². The molecule has 2 amide bonds. The van der Waals surface area contributed by atoms with Crippen molar-refractivity contribution in [2.45, 2.75) is 70.3 Å². The van der Waals surface area contributed by atoms with Crippen molar-refractivity contribution in [3.05, 3.63) is 34.9 Å². The molecule has 1 aliphatic carbocycles. The summed E-state index contributed by atoms with van der Waals surface area (Å²) in [5.41, 5.74) is 1.57. The van der Waals surface area contributed by atoms with Gasteiger partial charge in [0.2, 0.25) is 11.8 Å². The number of unbranched alkanes of at least 4 members (excludes halogenated alkanes) is 3. The molecule has 1 aliphatic heterocycles. The maximum absolute atomic E-state index is 13.2. The van der Waals surface area contributed by atoms with E-state index in [1.807, 2.05) is 0 Å². The third-order valence-corrected chi connectivity index (χ3v) is 6.51. The van der Waals surface area contributed by atoms with E-state index in [9.17, 15) is 24.9 Å². The molecule has 9 heteroatoms. The number of nitrogens with zero attached hydrogens (tertiary/aromatic N) is 1. The maximum atomic E-state index is 13.2. The van der Waals surface area contributed by atoms with E-state index in [0.29, 0.717) is 34.7 Å². The van der Waals surface area contributed by atoms with Crippen LogP contribution in [0.5, 0.6) is 11.5 Å². The molecule has 1 aromatic rings. The molecule has 2 aliphatic rings. The first kappa shape index (κ1) is 26.0. The SMILES string of the molecule is CCCCCCN(C(C)=O)[C@@H]1C=C(C(=O)NCCO)[C@@H]2c3cc(CO)cc(OC)c3O[C@@H]2[C@H]1O. The Balaban J connectivity index is 2.04. The molecule has 34 heavy (non-hydrogen) atoms. The number of carbonyl (C=O) groups excluding carboxylic acids is 2. The minimum Gasteiger partial charge on any atom is -0.493 e. The minimum absolute atomic E-state index is 0.0714. The van der Waals surface area contributed by atoms with Crippen LogP contribution in [0, 0.1) is 0 Å². The van der Waals surface area contributed by atoms with Crippen LogP contribution in [-0.4, -0.2) is 77.1 Å². The molecular formula is C25H36N2O7. The Morgan fingerprint density at radius 3 is 2.59 bits per heavy atom. The third-order valence-electron chi connectivity index (χ3n) is 6.51. The third kappa shape index (κ3) is 5.21. The Morgan fingerprint density at radius 1 is 1.21 bits per heavy atom. The molecule has 1 aromatic carbocycles. The number of fused-ring (bicyclic) bond motifs is 3. The lowest BCUT2D eigenvalue weighted by Gasteiger charge is -2.40. The standard InChI is InChI=1S/C25H36N2O7/c1-4-5-6-7-9-27(15(2)30)19-13-18(25(32)26-8-10-28)21-17-11-16(14-29)12-20(33-3)23(17)34-24(21)22(19)31/h11-13,19,21-22,24,28-29,31H,4-10,14H2,1-3H3,(H,26,32)/t19-,21+,22+,24+/m1/s1. The molecular weight excluding hydrogens is 440 g/mol. The average Bonchev–Trinajstić information content (AvgIpc) is 3.22. The van der Waals surface area contributed by atoms with Crippen LogP contribution in [0.15, 0.2) is 23.8 Å². The van der Waals surface area contributed by atoms with Gasteiger partial charge in [-0.25, -0.2) is 0 Å². The summed E-state index contributed by atoms with van der Waals surface area (Å²) in [5.74, 6) is -0.402. The van der Waals surface area contributed by atoms with E-state index < -0.39 is 30.1 Å². The molecule has 0 radical (unpaired) electrons. The van der Waals surface area contributed by atoms with Crippen LogP contribution in [0.25, 0.3) is 0 Å². The Morgan fingerprint density at radius 2 is 1.97 bits per heavy atom. The predicted octanol–water partition coefficient (Wildman–Crippen LogP) is 1.24. The molecule has 0 aromatic heterocycles. The molecule has 0 bridgehead atoms. The van der Waals surface area contributed by atoms with Gasteiger partial charge in [0.25, 0.3) is 0 Å². The van der Waals surface area contributed by atoms with Crippen LogP contribution in [0.4, 0.5) is 0 Å². The van der Waals surface area contributed by atoms with E-state index in [1.165, 1.54) is 14.0 Å². The van der Waals surface area contributed by atoms with Crippen molar-refractivity contribution in [3.63, 3.8) is 0 Å². The molecule has 4 N–H and O–H groups in total. The summed E-state index contributed by atoms with van der Waals surface area (Å²) in [6.07, 6.45) is 3.62. The quantitative estimate of drug-likeness (QED) is 0.354. The fraction of sp³-hybridized carbons (Fsp3) is 0.600. The largest absolute Gasteiger partial charge is 0.493 e. The number of rotatable bonds is 11. The smallest absolute Gasteiger partial charge is 0.247 e. The van der Waals surface area contributed by atoms with E-state index >= 15 is 0 Å². The Bertz CT molecular complexity index is 917. The number of hydrogen-bond donors (Lipinski definition) is 4. The van der Waals surface area contributed by atoms with Crippen molar-refractivity contribution in [3.8, 4) is 11.5 Å². The lowest BCUT2D eigenvalue weighted by molar-refractivity contribution is -0.135. The van der Waals surface area contributed by atoms with Crippen LogP contribution in [0.3, 0.4) is 0 Å². The number of ether oxygens (including phenoxy) is 2. The Kier molecular flexibility index (Phi) is 8.93. The van der Waals surface area contributed by atoms with Gasteiger partial charge >= 0.3 is 0 Å². The monoisotopic (exact) mass is 476 g/mol. The highest BCUT2D eigenvalue weighted by Gasteiger charge is 2.51. The van der Waals surface area contributed by atoms with Gasteiger partial charge in [-0.1, -0.05) is 26.2 Å². The number of amides is 2. The normalized spacial score (nSPS) is 22.8. The molecule has 4 atom stereocenters. The van der Waals surface area contributed by atoms with Crippen LogP contribution in [0.2, 0.25) is 0 Å². The van der Waals surface area contributed by atoms with E-state index in [-0.39, 0.29) is 25.7 Å². The first-order valence-corrected chi connectivity index (χ1v) is 11.9. The van der Waals surface area contributed by atoms with E-state index in [0.717, 1.165) is 25.7 Å². The second kappa shape index (κ2) is 11.7. The van der Waals surface area contributed by atoms with Crippen molar-refractivity contribution in [2.75, 3.05) is 26.8 Å². The molecule has 9 nitrogen and oxygen atoms in total. The number of aliphatic hydroxyl groups excluding tert-OH is 3. The fourth-order valence-electron chi connectivity index (χ4n) is 4.84. The number of nitrogens with one attached hydrogen (secondary N) is 1. The average molecular weight is 477 g/mol. The highest BCUT2D eigenvalue weighted by molar-refractivity contribution is 5.96. The van der Waals surface area contributed by atoms with Crippen molar-refractivity contribution in [1.82, 2.24) is 10.2 Å². The van der Waals surface area contributed by atoms with Gasteiger partial charge in [-0.3, -0.25) is 9.59 Å². The van der Waals surface area contributed by atoms with Gasteiger partial charge in [-0.15, -0.1) is 0 Å². The predicted molar refractivity (Wildman–Crippen MR) is 126 cm³/mol. The van der Waals surface area contributed by atoms with Gasteiger partial charge in [0.15, 0.2) is 11.5 Å². The molecule has 0 unspecified atom stereocenters. The second-order valence-electron chi connectivity index (χ2n) is 8.79. The van der Waals surface area contributed by atoms with Gasteiger partial charge in [-0.05, 0) is 30.2 Å². The topological polar surface area (TPSA) is 129 Å². The number of benzene rings is 1. The summed E-state index contributed by atoms with van der Waals surface area (Å²) in [5, 5.41) is 33.0. The molecule has 0 saturated heterocycles. The number of methoxy groups -OCH3 is 1. The first-order valence-electron chi connectivity index (χ1n) is 11.9. The molecule has 3 rings (SSSR count). The zero-order valence-electron chi connectivity index (χ0n) is 20.1. The Hall–Kier alpha value is -2.62. The molecule has 0 fully saturated rings. The summed E-state index contributed by atoms with van der Waals surface area (Å²) in [6.45, 7) is 3.66. The van der Waals surface area contributed by atoms with Crippen LogP contribution in [-0.2, 0) is 16.2 Å². The molecule has 1 heterocycles. The second-order valence-corrected chi connectivity index (χ2v) is 8.79. The van der Waals surface area contributed by atoms with Gasteiger partial charge in [-0.2, -0.15) is 0 Å². The van der Waals surface area contributed by atoms with Crippen molar-refractivity contribution in [2.24, 2.45) is 0 Å². The number of aliphatic hydroxyl groups is 3. The summed E-state index contributed by atoms with van der Waals surface area (Å²) < 4.78 is 11.6. The summed E-state index contributed by atoms with van der Waals surface area (Å²) >= 11 is 0. The number of hydrogen-bond acceptors (Lipinski definition) is 7.